The van der Waals surface area contributed by atoms with Crippen molar-refractivity contribution in [3.05, 3.63) is 27.2 Å². The molecule has 0 amide bonds. The van der Waals surface area contributed by atoms with Gasteiger partial charge in [0.25, 0.3) is 5.56 Å². The highest BCUT2D eigenvalue weighted by Gasteiger charge is 2.30. The summed E-state index contributed by atoms with van der Waals surface area (Å²) in [5.41, 5.74) is 0.480. The van der Waals surface area contributed by atoms with Gasteiger partial charge in [0.2, 0.25) is 0 Å². The average Bonchev–Trinajstić information content (AvgIpc) is 3.13. The lowest BCUT2D eigenvalue weighted by molar-refractivity contribution is 0.151. The molecule has 126 valence electrons. The molecule has 3 heterocycles. The minimum Gasteiger partial charge on any atom is -0.381 e. The summed E-state index contributed by atoms with van der Waals surface area (Å²) in [5.74, 6) is 0. The van der Waals surface area contributed by atoms with Crippen molar-refractivity contribution in [3.63, 3.8) is 0 Å². The van der Waals surface area contributed by atoms with Crippen LogP contribution in [0.1, 0.15) is 33.1 Å². The molecule has 0 aromatic carbocycles. The maximum atomic E-state index is 12.8. The van der Waals surface area contributed by atoms with Crippen molar-refractivity contribution in [1.82, 2.24) is 18.7 Å². The third-order valence-electron chi connectivity index (χ3n) is 4.81. The largest absolute Gasteiger partial charge is 0.381 e. The van der Waals surface area contributed by atoms with Crippen molar-refractivity contribution in [1.29, 1.82) is 0 Å². The summed E-state index contributed by atoms with van der Waals surface area (Å²) in [6.07, 6.45) is 4.28. The smallest absolute Gasteiger partial charge is 0.332 e. The van der Waals surface area contributed by atoms with E-state index in [1.54, 1.807) is 13.4 Å². The van der Waals surface area contributed by atoms with E-state index in [9.17, 15) is 9.59 Å². The molecule has 0 radical (unpaired) electrons. The van der Waals surface area contributed by atoms with Crippen molar-refractivity contribution >= 4 is 11.2 Å². The Morgan fingerprint density at radius 3 is 2.78 bits per heavy atom. The second-order valence-electron chi connectivity index (χ2n) is 6.77. The molecule has 2 aromatic heterocycles. The molecule has 1 unspecified atom stereocenters. The molecule has 0 saturated carbocycles. The van der Waals surface area contributed by atoms with Crippen molar-refractivity contribution in [2.45, 2.75) is 46.2 Å². The summed E-state index contributed by atoms with van der Waals surface area (Å²) >= 11 is 0. The van der Waals surface area contributed by atoms with E-state index in [1.165, 1.54) is 9.13 Å². The van der Waals surface area contributed by atoms with Gasteiger partial charge < -0.3 is 9.30 Å². The lowest BCUT2D eigenvalue weighted by atomic mass is 9.86. The number of aryl methyl sites for hydroxylation is 2. The predicted molar refractivity (Wildman–Crippen MR) is 87.7 cm³/mol. The van der Waals surface area contributed by atoms with Gasteiger partial charge in [0.05, 0.1) is 12.9 Å². The first-order valence-electron chi connectivity index (χ1n) is 8.19. The number of hydrogen-bond acceptors (Lipinski definition) is 4. The van der Waals surface area contributed by atoms with Crippen LogP contribution in [0.5, 0.6) is 0 Å². The fourth-order valence-corrected chi connectivity index (χ4v) is 3.22. The van der Waals surface area contributed by atoms with Crippen molar-refractivity contribution in [3.8, 4) is 0 Å². The molecule has 0 N–H and O–H groups in total. The Labute approximate surface area is 134 Å². The zero-order valence-electron chi connectivity index (χ0n) is 14.0. The third-order valence-corrected chi connectivity index (χ3v) is 4.81. The zero-order chi connectivity index (χ0) is 16.6. The van der Waals surface area contributed by atoms with Gasteiger partial charge in [-0.3, -0.25) is 13.9 Å². The molecule has 3 rings (SSSR count). The molecule has 1 saturated heterocycles. The van der Waals surface area contributed by atoms with Gasteiger partial charge in [-0.25, -0.2) is 9.78 Å². The highest BCUT2D eigenvalue weighted by atomic mass is 16.5. The first-order valence-corrected chi connectivity index (χ1v) is 8.19. The number of hydrogen-bond donors (Lipinski definition) is 0. The van der Waals surface area contributed by atoms with Gasteiger partial charge in [0, 0.05) is 26.7 Å². The highest BCUT2D eigenvalue weighted by molar-refractivity contribution is 5.69. The number of ether oxygens (including phenoxy) is 1. The molecule has 23 heavy (non-hydrogen) atoms. The second kappa shape index (κ2) is 5.96. The molecule has 7 heteroatoms. The van der Waals surface area contributed by atoms with Crippen LogP contribution in [0.15, 0.2) is 15.9 Å². The molecule has 0 spiro atoms. The van der Waals surface area contributed by atoms with E-state index in [0.29, 0.717) is 24.3 Å². The average molecular weight is 320 g/mol. The van der Waals surface area contributed by atoms with Crippen LogP contribution < -0.4 is 11.2 Å². The Morgan fingerprint density at radius 2 is 2.13 bits per heavy atom. The van der Waals surface area contributed by atoms with Gasteiger partial charge in [0.1, 0.15) is 0 Å². The third kappa shape index (κ3) is 2.73. The fraction of sp³-hybridized carbons (Fsp3) is 0.688. The number of fused-ring (bicyclic) bond motifs is 1. The molecule has 7 nitrogen and oxygen atoms in total. The molecule has 1 atom stereocenters. The minimum absolute atomic E-state index is 0.0447. The molecule has 1 aliphatic rings. The van der Waals surface area contributed by atoms with Gasteiger partial charge in [-0.15, -0.1) is 0 Å². The van der Waals surface area contributed by atoms with Gasteiger partial charge in [-0.05, 0) is 24.7 Å². The predicted octanol–water partition coefficient (Wildman–Crippen LogP) is 1.12. The lowest BCUT2D eigenvalue weighted by Crippen LogP contribution is -2.40. The first kappa shape index (κ1) is 16.0. The van der Waals surface area contributed by atoms with E-state index in [2.05, 4.69) is 11.9 Å². The molecular formula is C16H24N4O3. The Bertz CT molecular complexity index is 824. The second-order valence-corrected chi connectivity index (χ2v) is 6.77. The highest BCUT2D eigenvalue weighted by Crippen LogP contribution is 2.31. The van der Waals surface area contributed by atoms with E-state index in [4.69, 9.17) is 4.74 Å². The van der Waals surface area contributed by atoms with Gasteiger partial charge in [0.15, 0.2) is 11.2 Å². The Balaban J connectivity index is 2.04. The normalized spacial score (nSPS) is 21.3. The number of rotatable bonds is 5. The first-order chi connectivity index (χ1) is 11.0. The lowest BCUT2D eigenvalue weighted by Gasteiger charge is -2.21. The standard InChI is InChI=1S/C16H24N4O3/c1-4-7-19-11-17-13-12(19)14(21)20(15(22)18(13)3)8-5-16(2)6-9-23-10-16/h11H,4-10H2,1-3H3. The molecule has 0 bridgehead atoms. The molecule has 1 fully saturated rings. The van der Waals surface area contributed by atoms with Crippen LogP contribution in [0.2, 0.25) is 0 Å². The molecular weight excluding hydrogens is 296 g/mol. The van der Waals surface area contributed by atoms with Gasteiger partial charge in [-0.1, -0.05) is 13.8 Å². The number of aromatic nitrogens is 4. The van der Waals surface area contributed by atoms with Crippen LogP contribution in [-0.2, 0) is 24.9 Å². The molecule has 2 aromatic rings. The summed E-state index contributed by atoms with van der Waals surface area (Å²) in [6.45, 7) is 6.78. The SMILES string of the molecule is CCCn1cnc2c1c(=O)n(CCC1(C)CCOC1)c(=O)n2C. The summed E-state index contributed by atoms with van der Waals surface area (Å²) < 4.78 is 10.1. The van der Waals surface area contributed by atoms with Crippen molar-refractivity contribution in [2.75, 3.05) is 13.2 Å². The fourth-order valence-electron chi connectivity index (χ4n) is 3.22. The van der Waals surface area contributed by atoms with Gasteiger partial charge in [-0.2, -0.15) is 0 Å². The van der Waals surface area contributed by atoms with Crippen LogP contribution in [0, 0.1) is 5.41 Å². The minimum atomic E-state index is -0.299. The van der Waals surface area contributed by atoms with Crippen LogP contribution >= 0.6 is 0 Å². The Hall–Kier alpha value is -1.89. The number of imidazole rings is 1. The molecule has 1 aliphatic heterocycles. The van der Waals surface area contributed by atoms with Crippen molar-refractivity contribution in [2.24, 2.45) is 12.5 Å². The van der Waals surface area contributed by atoms with Crippen LogP contribution in [0.4, 0.5) is 0 Å². The van der Waals surface area contributed by atoms with Crippen LogP contribution in [-0.4, -0.2) is 31.9 Å². The maximum absolute atomic E-state index is 12.8. The van der Waals surface area contributed by atoms with E-state index >= 15 is 0 Å². The summed E-state index contributed by atoms with van der Waals surface area (Å²) in [4.78, 5) is 29.6. The molecule has 0 aliphatic carbocycles. The van der Waals surface area contributed by atoms with Crippen LogP contribution in [0.3, 0.4) is 0 Å². The maximum Gasteiger partial charge on any atom is 0.332 e. The zero-order valence-corrected chi connectivity index (χ0v) is 14.0. The van der Waals surface area contributed by atoms with Gasteiger partial charge >= 0.3 is 5.69 Å². The van der Waals surface area contributed by atoms with Crippen LogP contribution in [0.25, 0.3) is 11.2 Å². The Kier molecular flexibility index (Phi) is 4.14. The van der Waals surface area contributed by atoms with E-state index in [1.807, 2.05) is 11.5 Å². The quantitative estimate of drug-likeness (QED) is 0.828. The summed E-state index contributed by atoms with van der Waals surface area (Å²) in [7, 11) is 1.67. The van der Waals surface area contributed by atoms with Crippen molar-refractivity contribution < 1.29 is 4.74 Å². The number of nitrogens with zero attached hydrogens (tertiary/aromatic N) is 4. The monoisotopic (exact) mass is 320 g/mol. The summed E-state index contributed by atoms with van der Waals surface area (Å²) in [5, 5.41) is 0. The van der Waals surface area contributed by atoms with E-state index in [0.717, 1.165) is 32.4 Å². The Morgan fingerprint density at radius 1 is 1.35 bits per heavy atom. The summed E-state index contributed by atoms with van der Waals surface area (Å²) in [6, 6.07) is 0. The topological polar surface area (TPSA) is 71.1 Å². The van der Waals surface area contributed by atoms with E-state index < -0.39 is 0 Å². The van der Waals surface area contributed by atoms with E-state index in [-0.39, 0.29) is 16.7 Å².